The number of hydrogen-bond acceptors (Lipinski definition) is 3. The monoisotopic (exact) mass is 340 g/mol. The minimum Gasteiger partial charge on any atom is -0.461 e. The number of carbonyl (C=O) groups excluding carboxylic acids is 1. The Labute approximate surface area is 116 Å². The third-order valence-electron chi connectivity index (χ3n) is 2.60. The van der Waals surface area contributed by atoms with Crippen molar-refractivity contribution in [2.24, 2.45) is 0 Å². The maximum atomic E-state index is 13.9. The Morgan fingerprint density at radius 3 is 2.53 bits per heavy atom. The average molecular weight is 341 g/mol. The molecule has 7 heteroatoms. The Hall–Kier alpha value is -1.08. The fraction of sp³-hybridized carbons (Fsp3) is 0.417. The van der Waals surface area contributed by atoms with Gasteiger partial charge in [-0.1, -0.05) is 22.0 Å². The normalized spacial score (nSPS) is 14.9. The quantitative estimate of drug-likeness (QED) is 0.857. The van der Waals surface area contributed by atoms with Crippen LogP contribution in [0, 0.1) is 5.82 Å². The van der Waals surface area contributed by atoms with Gasteiger partial charge in [0, 0.05) is 10.0 Å². The summed E-state index contributed by atoms with van der Waals surface area (Å²) in [5.74, 6) is -6.66. The Balaban J connectivity index is 3.25. The summed E-state index contributed by atoms with van der Waals surface area (Å²) in [4.78, 5) is 11.2. The smallest absolute Gasteiger partial charge is 0.380 e. The van der Waals surface area contributed by atoms with Crippen molar-refractivity contribution in [1.29, 1.82) is 0 Å². The van der Waals surface area contributed by atoms with E-state index in [1.54, 1.807) is 0 Å². The first kappa shape index (κ1) is 16.0. The van der Waals surface area contributed by atoms with Crippen LogP contribution in [0.1, 0.15) is 19.4 Å². The van der Waals surface area contributed by atoms with Gasteiger partial charge in [-0.25, -0.2) is 9.18 Å². The predicted octanol–water partition coefficient (Wildman–Crippen LogP) is 2.99. The summed E-state index contributed by atoms with van der Waals surface area (Å²) in [7, 11) is 0. The molecular weight excluding hydrogens is 329 g/mol. The first-order valence-corrected chi connectivity index (χ1v) is 6.16. The Kier molecular flexibility index (Phi) is 4.63. The minimum absolute atomic E-state index is 0.0681. The number of alkyl halides is 2. The number of rotatable bonds is 4. The summed E-state index contributed by atoms with van der Waals surface area (Å²) >= 11 is 2.88. The van der Waals surface area contributed by atoms with Crippen LogP contribution >= 0.6 is 15.9 Å². The van der Waals surface area contributed by atoms with E-state index >= 15 is 0 Å². The van der Waals surface area contributed by atoms with Gasteiger partial charge in [0.2, 0.25) is 0 Å². The van der Waals surface area contributed by atoms with Crippen LogP contribution in [0.2, 0.25) is 0 Å². The van der Waals surface area contributed by atoms with Crippen LogP contribution in [0.5, 0.6) is 0 Å². The standard InChI is InChI=1S/C12H12BrF3O3/c1-3-19-10(17)12(15,16)11(2,18)8-5-4-7(14)6-9(8)13/h4-6,18H,3H2,1-2H3. The lowest BCUT2D eigenvalue weighted by Gasteiger charge is -2.31. The van der Waals surface area contributed by atoms with Crippen LogP contribution in [0.15, 0.2) is 22.7 Å². The SMILES string of the molecule is CCOC(=O)C(F)(F)C(C)(O)c1ccc(F)cc1Br. The minimum atomic E-state index is -4.16. The molecule has 1 unspecified atom stereocenters. The molecule has 0 bridgehead atoms. The summed E-state index contributed by atoms with van der Waals surface area (Å²) in [5, 5.41) is 9.98. The van der Waals surface area contributed by atoms with E-state index in [4.69, 9.17) is 0 Å². The zero-order valence-corrected chi connectivity index (χ0v) is 11.8. The van der Waals surface area contributed by atoms with E-state index < -0.39 is 23.3 Å². The fourth-order valence-corrected chi connectivity index (χ4v) is 2.21. The number of benzene rings is 1. The molecule has 3 nitrogen and oxygen atoms in total. The zero-order chi connectivity index (χ0) is 14.8. The number of hydrogen-bond donors (Lipinski definition) is 1. The number of carbonyl (C=O) groups is 1. The van der Waals surface area contributed by atoms with Gasteiger partial charge in [0.1, 0.15) is 5.82 Å². The second-order valence-electron chi connectivity index (χ2n) is 3.99. The summed E-state index contributed by atoms with van der Waals surface area (Å²) in [5.41, 5.74) is -3.14. The van der Waals surface area contributed by atoms with E-state index in [1.165, 1.54) is 6.92 Å². The van der Waals surface area contributed by atoms with Crippen LogP contribution < -0.4 is 0 Å². The van der Waals surface area contributed by atoms with Crippen LogP contribution in [-0.2, 0) is 15.1 Å². The highest BCUT2D eigenvalue weighted by molar-refractivity contribution is 9.10. The van der Waals surface area contributed by atoms with Gasteiger partial charge in [0.15, 0.2) is 5.60 Å². The number of ether oxygens (including phenoxy) is 1. The molecule has 19 heavy (non-hydrogen) atoms. The molecule has 0 aliphatic carbocycles. The van der Waals surface area contributed by atoms with Gasteiger partial charge in [-0.3, -0.25) is 0 Å². The summed E-state index contributed by atoms with van der Waals surface area (Å²) < 4.78 is 44.9. The van der Waals surface area contributed by atoms with Crippen LogP contribution in [0.3, 0.4) is 0 Å². The molecular formula is C12H12BrF3O3. The highest BCUT2D eigenvalue weighted by Crippen LogP contribution is 2.41. The summed E-state index contributed by atoms with van der Waals surface area (Å²) in [6, 6.07) is 2.81. The predicted molar refractivity (Wildman–Crippen MR) is 65.3 cm³/mol. The third kappa shape index (κ3) is 2.92. The van der Waals surface area contributed by atoms with Gasteiger partial charge in [-0.05, 0) is 26.0 Å². The largest absolute Gasteiger partial charge is 0.461 e. The van der Waals surface area contributed by atoms with Crippen molar-refractivity contribution in [1.82, 2.24) is 0 Å². The molecule has 0 saturated carbocycles. The van der Waals surface area contributed by atoms with Crippen molar-refractivity contribution < 1.29 is 27.8 Å². The highest BCUT2D eigenvalue weighted by Gasteiger charge is 2.58. The second-order valence-corrected chi connectivity index (χ2v) is 4.85. The molecule has 0 amide bonds. The molecule has 0 fully saturated rings. The van der Waals surface area contributed by atoms with E-state index in [9.17, 15) is 23.1 Å². The zero-order valence-electron chi connectivity index (χ0n) is 10.2. The van der Waals surface area contributed by atoms with Crippen molar-refractivity contribution >= 4 is 21.9 Å². The molecule has 0 saturated heterocycles. The average Bonchev–Trinajstić information content (AvgIpc) is 2.28. The van der Waals surface area contributed by atoms with Gasteiger partial charge in [0.05, 0.1) is 6.61 Å². The molecule has 1 aromatic carbocycles. The van der Waals surface area contributed by atoms with Gasteiger partial charge in [0.25, 0.3) is 0 Å². The van der Waals surface area contributed by atoms with Crippen LogP contribution in [0.4, 0.5) is 13.2 Å². The Bertz CT molecular complexity index is 489. The molecule has 0 aliphatic heterocycles. The lowest BCUT2D eigenvalue weighted by Crippen LogP contribution is -2.50. The lowest BCUT2D eigenvalue weighted by molar-refractivity contribution is -0.212. The maximum Gasteiger partial charge on any atom is 0.380 e. The molecule has 0 radical (unpaired) electrons. The molecule has 1 aromatic rings. The molecule has 0 spiro atoms. The molecule has 0 aliphatic rings. The molecule has 1 N–H and O–H groups in total. The van der Waals surface area contributed by atoms with Crippen molar-refractivity contribution in [2.45, 2.75) is 25.4 Å². The Morgan fingerprint density at radius 2 is 2.05 bits per heavy atom. The molecule has 0 heterocycles. The molecule has 1 atom stereocenters. The van der Waals surface area contributed by atoms with Crippen LogP contribution in [-0.4, -0.2) is 23.6 Å². The Morgan fingerprint density at radius 1 is 1.47 bits per heavy atom. The van der Waals surface area contributed by atoms with E-state index in [1.807, 2.05) is 0 Å². The maximum absolute atomic E-state index is 13.9. The van der Waals surface area contributed by atoms with E-state index in [2.05, 4.69) is 20.7 Å². The molecule has 1 rings (SSSR count). The number of esters is 1. The van der Waals surface area contributed by atoms with Gasteiger partial charge in [-0.2, -0.15) is 8.78 Å². The lowest BCUT2D eigenvalue weighted by atomic mass is 9.89. The van der Waals surface area contributed by atoms with Gasteiger partial charge in [-0.15, -0.1) is 0 Å². The number of halogens is 4. The summed E-state index contributed by atoms with van der Waals surface area (Å²) in [6.45, 7) is 1.90. The van der Waals surface area contributed by atoms with Crippen LogP contribution in [0.25, 0.3) is 0 Å². The van der Waals surface area contributed by atoms with Crippen molar-refractivity contribution in [3.8, 4) is 0 Å². The van der Waals surface area contributed by atoms with Gasteiger partial charge >= 0.3 is 11.9 Å². The topological polar surface area (TPSA) is 46.5 Å². The van der Waals surface area contributed by atoms with Gasteiger partial charge < -0.3 is 9.84 Å². The van der Waals surface area contributed by atoms with E-state index in [-0.39, 0.29) is 16.6 Å². The van der Waals surface area contributed by atoms with E-state index in [0.29, 0.717) is 0 Å². The molecule has 0 aromatic heterocycles. The first-order valence-electron chi connectivity index (χ1n) is 5.37. The van der Waals surface area contributed by atoms with Crippen molar-refractivity contribution in [3.63, 3.8) is 0 Å². The van der Waals surface area contributed by atoms with Crippen molar-refractivity contribution in [3.05, 3.63) is 34.1 Å². The molecule has 106 valence electrons. The van der Waals surface area contributed by atoms with Crippen molar-refractivity contribution in [2.75, 3.05) is 6.61 Å². The fourth-order valence-electron chi connectivity index (χ4n) is 1.47. The first-order chi connectivity index (χ1) is 8.64. The summed E-state index contributed by atoms with van der Waals surface area (Å²) in [6.07, 6.45) is 0. The highest BCUT2D eigenvalue weighted by atomic mass is 79.9. The second kappa shape index (κ2) is 5.50. The third-order valence-corrected chi connectivity index (χ3v) is 3.25. The number of aliphatic hydroxyl groups is 1. The van der Waals surface area contributed by atoms with E-state index in [0.717, 1.165) is 25.1 Å².